The molecule has 0 atom stereocenters. The van der Waals surface area contributed by atoms with Gasteiger partial charge in [0.15, 0.2) is 0 Å². The van der Waals surface area contributed by atoms with E-state index in [-0.39, 0.29) is 18.0 Å². The highest BCUT2D eigenvalue weighted by molar-refractivity contribution is 5.64. The number of azide groups is 1. The zero-order valence-corrected chi connectivity index (χ0v) is 11.9. The van der Waals surface area contributed by atoms with Gasteiger partial charge in [-0.15, -0.1) is 0 Å². The van der Waals surface area contributed by atoms with Crippen molar-refractivity contribution in [2.75, 3.05) is 6.61 Å². The fourth-order valence-corrected chi connectivity index (χ4v) is 1.90. The van der Waals surface area contributed by atoms with Crippen LogP contribution in [0.25, 0.3) is 10.4 Å². The third-order valence-electron chi connectivity index (χ3n) is 3.00. The van der Waals surface area contributed by atoms with E-state index in [4.69, 9.17) is 15.0 Å². The third kappa shape index (κ3) is 4.58. The van der Waals surface area contributed by atoms with E-state index in [1.165, 1.54) is 24.3 Å². The van der Waals surface area contributed by atoms with Crippen LogP contribution in [-0.2, 0) is 4.74 Å². The predicted molar refractivity (Wildman–Crippen MR) is 79.6 cm³/mol. The van der Waals surface area contributed by atoms with Gasteiger partial charge in [-0.25, -0.2) is 4.79 Å². The summed E-state index contributed by atoms with van der Waals surface area (Å²) in [6.07, 6.45) is 4.00. The van der Waals surface area contributed by atoms with Crippen LogP contribution >= 0.6 is 0 Å². The molecular formula is C14H12N4O5. The first-order valence-corrected chi connectivity index (χ1v) is 6.63. The molecule has 1 aromatic rings. The van der Waals surface area contributed by atoms with Crippen LogP contribution in [0, 0.1) is 10.1 Å². The molecule has 1 aromatic carbocycles. The van der Waals surface area contributed by atoms with Gasteiger partial charge in [-0.1, -0.05) is 17.3 Å². The molecule has 1 aliphatic rings. The fraction of sp³-hybridized carbons (Fsp3) is 0.214. The lowest BCUT2D eigenvalue weighted by molar-refractivity contribution is -0.384. The van der Waals surface area contributed by atoms with Crippen molar-refractivity contribution in [1.29, 1.82) is 0 Å². The number of hydrogen-bond acceptors (Lipinski definition) is 6. The Hall–Kier alpha value is -3.32. The quantitative estimate of drug-likeness (QED) is 0.154. The number of carbonyl (C=O) groups excluding carboxylic acids is 1. The van der Waals surface area contributed by atoms with Crippen LogP contribution in [0.3, 0.4) is 0 Å². The SMILES string of the molecule is [N-]=[N+]=NC1=C(COC(=O)Oc2ccc([N+](=O)[O-])cc2)C=CCC1. The van der Waals surface area contributed by atoms with Crippen molar-refractivity contribution in [2.45, 2.75) is 12.8 Å². The highest BCUT2D eigenvalue weighted by Crippen LogP contribution is 2.21. The first-order chi connectivity index (χ1) is 11.1. The van der Waals surface area contributed by atoms with Crippen LogP contribution in [-0.4, -0.2) is 17.7 Å². The van der Waals surface area contributed by atoms with E-state index in [1.54, 1.807) is 6.08 Å². The van der Waals surface area contributed by atoms with Gasteiger partial charge in [-0.05, 0) is 36.1 Å². The second kappa shape index (κ2) is 7.62. The monoisotopic (exact) mass is 316 g/mol. The molecule has 9 heteroatoms. The maximum atomic E-state index is 11.6. The first-order valence-electron chi connectivity index (χ1n) is 6.63. The first kappa shape index (κ1) is 16.1. The van der Waals surface area contributed by atoms with Crippen LogP contribution in [0.2, 0.25) is 0 Å². The van der Waals surface area contributed by atoms with E-state index in [0.717, 1.165) is 6.42 Å². The number of nitrogens with zero attached hydrogens (tertiary/aromatic N) is 4. The summed E-state index contributed by atoms with van der Waals surface area (Å²) in [6.45, 7) is -0.0866. The Kier molecular flexibility index (Phi) is 5.32. The van der Waals surface area contributed by atoms with Crippen LogP contribution in [0.4, 0.5) is 10.5 Å². The summed E-state index contributed by atoms with van der Waals surface area (Å²) < 4.78 is 9.85. The molecule has 1 aliphatic carbocycles. The molecule has 23 heavy (non-hydrogen) atoms. The smallest absolute Gasteiger partial charge is 0.429 e. The number of hydrogen-bond donors (Lipinski definition) is 0. The van der Waals surface area contributed by atoms with Crippen molar-refractivity contribution in [3.63, 3.8) is 0 Å². The van der Waals surface area contributed by atoms with Crippen molar-refractivity contribution < 1.29 is 19.2 Å². The van der Waals surface area contributed by atoms with Crippen molar-refractivity contribution in [3.8, 4) is 5.75 Å². The van der Waals surface area contributed by atoms with E-state index in [1.807, 2.05) is 6.08 Å². The molecular weight excluding hydrogens is 304 g/mol. The number of nitro benzene ring substituents is 1. The predicted octanol–water partition coefficient (Wildman–Crippen LogP) is 4.02. The van der Waals surface area contributed by atoms with Crippen LogP contribution in [0.15, 0.2) is 52.8 Å². The summed E-state index contributed by atoms with van der Waals surface area (Å²) in [7, 11) is 0. The number of allylic oxidation sites excluding steroid dienone is 2. The standard InChI is InChI=1S/C14H12N4O5/c15-17-16-13-4-2-1-3-10(13)9-22-14(19)23-12-7-5-11(6-8-12)18(20)21/h1,3,5-8H,2,4,9H2. The maximum absolute atomic E-state index is 11.6. The van der Waals surface area contributed by atoms with Gasteiger partial charge in [0.2, 0.25) is 0 Å². The molecule has 0 aliphatic heterocycles. The van der Waals surface area contributed by atoms with Gasteiger partial charge < -0.3 is 9.47 Å². The Morgan fingerprint density at radius 2 is 2.13 bits per heavy atom. The van der Waals surface area contributed by atoms with Gasteiger partial charge in [0, 0.05) is 22.7 Å². The Labute approximate surface area is 130 Å². The number of ether oxygens (including phenoxy) is 2. The Morgan fingerprint density at radius 1 is 1.39 bits per heavy atom. The minimum Gasteiger partial charge on any atom is -0.429 e. The lowest BCUT2D eigenvalue weighted by atomic mass is 10.0. The van der Waals surface area contributed by atoms with Gasteiger partial charge in [-0.3, -0.25) is 10.1 Å². The Balaban J connectivity index is 1.93. The van der Waals surface area contributed by atoms with Crippen molar-refractivity contribution in [1.82, 2.24) is 0 Å². The maximum Gasteiger partial charge on any atom is 0.514 e. The van der Waals surface area contributed by atoms with E-state index in [9.17, 15) is 14.9 Å². The summed E-state index contributed by atoms with van der Waals surface area (Å²) in [5.74, 6) is 0.129. The number of benzene rings is 1. The Morgan fingerprint density at radius 3 is 2.78 bits per heavy atom. The molecule has 0 spiro atoms. The van der Waals surface area contributed by atoms with E-state index in [0.29, 0.717) is 17.7 Å². The van der Waals surface area contributed by atoms with Gasteiger partial charge >= 0.3 is 6.16 Å². The molecule has 0 saturated carbocycles. The van der Waals surface area contributed by atoms with Crippen LogP contribution < -0.4 is 4.74 Å². The molecule has 0 unspecified atom stereocenters. The van der Waals surface area contributed by atoms with E-state index >= 15 is 0 Å². The summed E-state index contributed by atoms with van der Waals surface area (Å²) >= 11 is 0. The largest absolute Gasteiger partial charge is 0.514 e. The lowest BCUT2D eigenvalue weighted by Crippen LogP contribution is -2.13. The molecule has 118 valence electrons. The number of nitro groups is 1. The molecule has 2 rings (SSSR count). The summed E-state index contributed by atoms with van der Waals surface area (Å²) in [4.78, 5) is 24.3. The van der Waals surface area contributed by atoms with E-state index in [2.05, 4.69) is 10.0 Å². The van der Waals surface area contributed by atoms with E-state index < -0.39 is 11.1 Å². The van der Waals surface area contributed by atoms with Gasteiger partial charge in [0.05, 0.1) is 4.92 Å². The molecule has 9 nitrogen and oxygen atoms in total. The molecule has 0 aromatic heterocycles. The minimum atomic E-state index is -0.953. The summed E-state index contributed by atoms with van der Waals surface area (Å²) in [5, 5.41) is 14.1. The fourth-order valence-electron chi connectivity index (χ4n) is 1.90. The number of rotatable bonds is 5. The molecule has 0 radical (unpaired) electrons. The van der Waals surface area contributed by atoms with Crippen molar-refractivity contribution in [3.05, 3.63) is 68.2 Å². The van der Waals surface area contributed by atoms with Gasteiger partial charge in [-0.2, -0.15) is 0 Å². The Bertz CT molecular complexity index is 717. The van der Waals surface area contributed by atoms with Crippen molar-refractivity contribution in [2.24, 2.45) is 5.11 Å². The average Bonchev–Trinajstić information content (AvgIpc) is 2.55. The topological polar surface area (TPSA) is 127 Å². The normalized spacial score (nSPS) is 13.2. The summed E-state index contributed by atoms with van der Waals surface area (Å²) in [6, 6.07) is 5.03. The zero-order valence-electron chi connectivity index (χ0n) is 11.9. The summed E-state index contributed by atoms with van der Waals surface area (Å²) in [5.41, 5.74) is 9.51. The molecule has 0 saturated heterocycles. The average molecular weight is 316 g/mol. The minimum absolute atomic E-state index is 0.0866. The number of non-ortho nitro benzene ring substituents is 1. The third-order valence-corrected chi connectivity index (χ3v) is 3.00. The molecule has 0 heterocycles. The lowest BCUT2D eigenvalue weighted by Gasteiger charge is -2.12. The highest BCUT2D eigenvalue weighted by Gasteiger charge is 2.12. The van der Waals surface area contributed by atoms with Gasteiger partial charge in [0.25, 0.3) is 5.69 Å². The second-order valence-corrected chi connectivity index (χ2v) is 4.49. The van der Waals surface area contributed by atoms with Crippen LogP contribution in [0.1, 0.15) is 12.8 Å². The highest BCUT2D eigenvalue weighted by atomic mass is 16.7. The molecule has 0 N–H and O–H groups in total. The zero-order chi connectivity index (χ0) is 16.7. The number of carbonyl (C=O) groups is 1. The van der Waals surface area contributed by atoms with Crippen molar-refractivity contribution >= 4 is 11.8 Å². The van der Waals surface area contributed by atoms with Crippen LogP contribution in [0.5, 0.6) is 5.75 Å². The molecule has 0 amide bonds. The van der Waals surface area contributed by atoms with Gasteiger partial charge in [0.1, 0.15) is 12.4 Å². The second-order valence-electron chi connectivity index (χ2n) is 4.49. The molecule has 0 bridgehead atoms. The molecule has 0 fully saturated rings.